The van der Waals surface area contributed by atoms with Crippen molar-refractivity contribution in [3.63, 3.8) is 0 Å². The second kappa shape index (κ2) is 6.97. The highest BCUT2D eigenvalue weighted by Gasteiger charge is 2.19. The lowest BCUT2D eigenvalue weighted by Gasteiger charge is -2.23. The third-order valence-electron chi connectivity index (χ3n) is 4.94. The SMILES string of the molecule is Bc1cnn2c(Nc3ccc(S(C)(=O)=O)cc3)cc(C3CCCNC3)nc12. The molecule has 1 atom stereocenters. The molecule has 9 heteroatoms. The van der Waals surface area contributed by atoms with Gasteiger partial charge in [-0.3, -0.25) is 0 Å². The van der Waals surface area contributed by atoms with Gasteiger partial charge in [-0.15, -0.1) is 0 Å². The third-order valence-corrected chi connectivity index (χ3v) is 6.07. The molecule has 0 aliphatic carbocycles. The number of hydrogen-bond donors (Lipinski definition) is 2. The Morgan fingerprint density at radius 2 is 2.07 bits per heavy atom. The molecule has 0 spiro atoms. The molecule has 4 rings (SSSR count). The maximum absolute atomic E-state index is 11.7. The normalized spacial score (nSPS) is 17.9. The van der Waals surface area contributed by atoms with Gasteiger partial charge < -0.3 is 10.6 Å². The van der Waals surface area contributed by atoms with E-state index in [9.17, 15) is 8.42 Å². The summed E-state index contributed by atoms with van der Waals surface area (Å²) in [6.07, 6.45) is 5.28. The van der Waals surface area contributed by atoms with Crippen LogP contribution in [0.25, 0.3) is 5.65 Å². The number of piperidine rings is 1. The van der Waals surface area contributed by atoms with Gasteiger partial charge in [-0.25, -0.2) is 13.4 Å². The predicted molar refractivity (Wildman–Crippen MR) is 109 cm³/mol. The molecule has 3 heterocycles. The molecule has 0 radical (unpaired) electrons. The molecular formula is C18H22BN5O2S. The summed E-state index contributed by atoms with van der Waals surface area (Å²) in [6, 6.07) is 8.79. The monoisotopic (exact) mass is 383 g/mol. The summed E-state index contributed by atoms with van der Waals surface area (Å²) in [5.74, 6) is 1.20. The van der Waals surface area contributed by atoms with E-state index in [1.165, 1.54) is 6.26 Å². The van der Waals surface area contributed by atoms with E-state index < -0.39 is 9.84 Å². The molecule has 1 unspecified atom stereocenters. The van der Waals surface area contributed by atoms with Crippen LogP contribution in [0.1, 0.15) is 24.5 Å². The Labute approximate surface area is 159 Å². The Balaban J connectivity index is 1.71. The van der Waals surface area contributed by atoms with E-state index >= 15 is 0 Å². The number of benzene rings is 1. The first-order valence-corrected chi connectivity index (χ1v) is 10.9. The molecule has 1 fully saturated rings. The van der Waals surface area contributed by atoms with E-state index in [1.54, 1.807) is 28.8 Å². The number of nitrogens with zero attached hydrogens (tertiary/aromatic N) is 3. The van der Waals surface area contributed by atoms with E-state index in [1.807, 2.05) is 20.1 Å². The molecule has 27 heavy (non-hydrogen) atoms. The van der Waals surface area contributed by atoms with E-state index in [-0.39, 0.29) is 0 Å². The van der Waals surface area contributed by atoms with Crippen LogP contribution in [0.3, 0.4) is 0 Å². The Morgan fingerprint density at radius 1 is 1.30 bits per heavy atom. The Kier molecular flexibility index (Phi) is 4.65. The van der Waals surface area contributed by atoms with Crippen LogP contribution >= 0.6 is 0 Å². The van der Waals surface area contributed by atoms with Crippen LogP contribution in [0.2, 0.25) is 0 Å². The molecule has 2 N–H and O–H groups in total. The van der Waals surface area contributed by atoms with Gasteiger partial charge in [0.1, 0.15) is 13.7 Å². The maximum Gasteiger partial charge on any atom is 0.175 e. The van der Waals surface area contributed by atoms with Crippen molar-refractivity contribution >= 4 is 40.3 Å². The van der Waals surface area contributed by atoms with E-state index in [2.05, 4.69) is 15.7 Å². The third kappa shape index (κ3) is 3.70. The highest BCUT2D eigenvalue weighted by atomic mass is 32.2. The van der Waals surface area contributed by atoms with Crippen molar-refractivity contribution in [2.24, 2.45) is 0 Å². The Bertz CT molecular complexity index is 1070. The highest BCUT2D eigenvalue weighted by Crippen LogP contribution is 2.26. The van der Waals surface area contributed by atoms with Gasteiger partial charge in [-0.05, 0) is 49.1 Å². The average Bonchev–Trinajstić information content (AvgIpc) is 3.03. The molecule has 7 nitrogen and oxygen atoms in total. The molecule has 1 saturated heterocycles. The summed E-state index contributed by atoms with van der Waals surface area (Å²) in [4.78, 5) is 5.15. The van der Waals surface area contributed by atoms with Crippen LogP contribution in [-0.4, -0.2) is 50.2 Å². The minimum absolute atomic E-state index is 0.303. The molecule has 0 amide bonds. The number of hydrogen-bond acceptors (Lipinski definition) is 6. The van der Waals surface area contributed by atoms with Gasteiger partial charge in [-0.2, -0.15) is 9.61 Å². The highest BCUT2D eigenvalue weighted by molar-refractivity contribution is 7.90. The van der Waals surface area contributed by atoms with Crippen molar-refractivity contribution in [3.05, 3.63) is 42.2 Å². The molecule has 1 aromatic carbocycles. The zero-order chi connectivity index (χ0) is 19.0. The quantitative estimate of drug-likeness (QED) is 0.642. The van der Waals surface area contributed by atoms with E-state index in [0.29, 0.717) is 10.8 Å². The minimum Gasteiger partial charge on any atom is -0.340 e. The van der Waals surface area contributed by atoms with Gasteiger partial charge in [0.05, 0.1) is 10.6 Å². The fraction of sp³-hybridized carbons (Fsp3) is 0.333. The maximum atomic E-state index is 11.7. The van der Waals surface area contributed by atoms with Gasteiger partial charge in [0, 0.05) is 36.7 Å². The first-order chi connectivity index (χ1) is 12.9. The molecule has 1 aliphatic heterocycles. The smallest absolute Gasteiger partial charge is 0.175 e. The molecule has 0 saturated carbocycles. The first-order valence-electron chi connectivity index (χ1n) is 9.05. The van der Waals surface area contributed by atoms with E-state index in [0.717, 1.165) is 54.2 Å². The van der Waals surface area contributed by atoms with Crippen molar-refractivity contribution in [3.8, 4) is 0 Å². The van der Waals surface area contributed by atoms with Crippen molar-refractivity contribution in [2.45, 2.75) is 23.7 Å². The van der Waals surface area contributed by atoms with E-state index in [4.69, 9.17) is 4.98 Å². The molecule has 1 aliphatic rings. The zero-order valence-corrected chi connectivity index (χ0v) is 16.3. The number of sulfone groups is 1. The van der Waals surface area contributed by atoms with Crippen LogP contribution in [0.5, 0.6) is 0 Å². The summed E-state index contributed by atoms with van der Waals surface area (Å²) in [5.41, 5.74) is 3.72. The molecule has 2 aromatic heterocycles. The van der Waals surface area contributed by atoms with Crippen LogP contribution < -0.4 is 16.1 Å². The van der Waals surface area contributed by atoms with Crippen molar-refractivity contribution in [2.75, 3.05) is 24.7 Å². The Morgan fingerprint density at radius 3 is 2.74 bits per heavy atom. The summed E-state index contributed by atoms with van der Waals surface area (Å²) >= 11 is 0. The van der Waals surface area contributed by atoms with Gasteiger partial charge in [0.15, 0.2) is 15.5 Å². The number of fused-ring (bicyclic) bond motifs is 1. The Hall–Kier alpha value is -2.39. The fourth-order valence-electron chi connectivity index (χ4n) is 3.43. The van der Waals surface area contributed by atoms with Crippen molar-refractivity contribution < 1.29 is 8.42 Å². The minimum atomic E-state index is -3.21. The van der Waals surface area contributed by atoms with Crippen LogP contribution in [0, 0.1) is 0 Å². The fourth-order valence-corrected chi connectivity index (χ4v) is 4.06. The predicted octanol–water partition coefficient (Wildman–Crippen LogP) is 0.602. The number of rotatable bonds is 4. The lowest BCUT2D eigenvalue weighted by atomic mass is 9.95. The summed E-state index contributed by atoms with van der Waals surface area (Å²) in [5, 5.41) is 11.2. The second-order valence-corrected chi connectivity index (χ2v) is 9.11. The lowest BCUT2D eigenvalue weighted by Crippen LogP contribution is -2.29. The van der Waals surface area contributed by atoms with Gasteiger partial charge >= 0.3 is 0 Å². The van der Waals surface area contributed by atoms with Crippen LogP contribution in [0.4, 0.5) is 11.5 Å². The zero-order valence-electron chi connectivity index (χ0n) is 15.4. The topological polar surface area (TPSA) is 88.4 Å². The lowest BCUT2D eigenvalue weighted by molar-refractivity contribution is 0.455. The molecule has 3 aromatic rings. The molecule has 140 valence electrons. The van der Waals surface area contributed by atoms with Crippen LogP contribution in [-0.2, 0) is 9.84 Å². The van der Waals surface area contributed by atoms with Crippen molar-refractivity contribution in [1.82, 2.24) is 19.9 Å². The average molecular weight is 383 g/mol. The standard InChI is InChI=1S/C18H22BN5O2S/c1-27(25,26)14-6-4-13(5-7-14)22-17-9-16(12-3-2-8-20-10-12)23-18-15(19)11-21-24(17)18/h4-7,9,11-12,20,22H,2-3,8,10,19H2,1H3. The first kappa shape index (κ1) is 18.0. The van der Waals surface area contributed by atoms with Gasteiger partial charge in [-0.1, -0.05) is 0 Å². The summed E-state index contributed by atoms with van der Waals surface area (Å²) in [7, 11) is -1.20. The van der Waals surface area contributed by atoms with Crippen molar-refractivity contribution in [1.29, 1.82) is 0 Å². The molecule has 0 bridgehead atoms. The summed E-state index contributed by atoms with van der Waals surface area (Å²) < 4.78 is 25.1. The summed E-state index contributed by atoms with van der Waals surface area (Å²) in [6.45, 7) is 1.99. The van der Waals surface area contributed by atoms with Gasteiger partial charge in [0.2, 0.25) is 0 Å². The second-order valence-electron chi connectivity index (χ2n) is 7.09. The molecular weight excluding hydrogens is 361 g/mol. The van der Waals surface area contributed by atoms with Gasteiger partial charge in [0.25, 0.3) is 0 Å². The number of aromatic nitrogens is 3. The largest absolute Gasteiger partial charge is 0.340 e. The number of anilines is 2. The number of nitrogens with one attached hydrogen (secondary N) is 2. The van der Waals surface area contributed by atoms with Crippen LogP contribution in [0.15, 0.2) is 41.4 Å².